The zero-order valence-corrected chi connectivity index (χ0v) is 17.9. The average Bonchev–Trinajstić information content (AvgIpc) is 2.43. The molecule has 1 fully saturated rings. The number of hydrogen-bond acceptors (Lipinski definition) is 3. The van der Waals surface area contributed by atoms with E-state index in [-0.39, 0.29) is 6.04 Å². The number of nitrogens with zero attached hydrogens (tertiary/aromatic N) is 1. The molecule has 0 amide bonds. The van der Waals surface area contributed by atoms with E-state index in [0.29, 0.717) is 5.05 Å². The summed E-state index contributed by atoms with van der Waals surface area (Å²) in [4.78, 5) is 0. The van der Waals surface area contributed by atoms with E-state index in [4.69, 9.17) is 23.1 Å². The standard InChI is InChI=1S/C14H29NOSSi3/c1-9-13(12-14(17)16-18(2,3)4)15-19(5,6)10-11-20(15,7)8/h1,13H,10-12H2,2-8H3. The van der Waals surface area contributed by atoms with Crippen molar-refractivity contribution in [1.29, 1.82) is 0 Å². The normalized spacial score (nSPS) is 23.1. The molecule has 1 aliphatic rings. The smallest absolute Gasteiger partial charge is 0.242 e. The second kappa shape index (κ2) is 6.05. The maximum Gasteiger partial charge on any atom is 0.242 e. The summed E-state index contributed by atoms with van der Waals surface area (Å²) >= 11 is 5.45. The van der Waals surface area contributed by atoms with Crippen LogP contribution in [0.25, 0.3) is 0 Å². The van der Waals surface area contributed by atoms with Crippen LogP contribution in [0.4, 0.5) is 0 Å². The lowest BCUT2D eigenvalue weighted by atomic mass is 10.2. The summed E-state index contributed by atoms with van der Waals surface area (Å²) in [6.07, 6.45) is 6.58. The minimum absolute atomic E-state index is 0.143. The highest BCUT2D eigenvalue weighted by Gasteiger charge is 2.50. The van der Waals surface area contributed by atoms with E-state index in [2.05, 4.69) is 56.0 Å². The van der Waals surface area contributed by atoms with Gasteiger partial charge in [0.05, 0.1) is 6.04 Å². The molecule has 1 heterocycles. The second-order valence-electron chi connectivity index (χ2n) is 7.97. The molecular formula is C14H29NOSSi3. The Hall–Kier alpha value is 0.0606. The van der Waals surface area contributed by atoms with E-state index in [1.54, 1.807) is 0 Å². The number of terminal acetylenes is 1. The Balaban J connectivity index is 2.86. The Morgan fingerprint density at radius 2 is 1.70 bits per heavy atom. The zero-order valence-electron chi connectivity index (χ0n) is 14.0. The third-order valence-electron chi connectivity index (χ3n) is 3.94. The molecule has 1 rings (SSSR count). The van der Waals surface area contributed by atoms with Crippen molar-refractivity contribution in [3.05, 3.63) is 0 Å². The minimum Gasteiger partial charge on any atom is -0.540 e. The Bertz CT molecular complexity index is 407. The van der Waals surface area contributed by atoms with Crippen LogP contribution >= 0.6 is 12.2 Å². The van der Waals surface area contributed by atoms with Crippen LogP contribution in [0.15, 0.2) is 0 Å². The molecular weight excluding hydrogens is 314 g/mol. The van der Waals surface area contributed by atoms with Gasteiger partial charge in [0.25, 0.3) is 0 Å². The van der Waals surface area contributed by atoms with Gasteiger partial charge in [-0.25, -0.2) is 0 Å². The highest BCUT2D eigenvalue weighted by Crippen LogP contribution is 2.39. The summed E-state index contributed by atoms with van der Waals surface area (Å²) in [7, 11) is -4.35. The van der Waals surface area contributed by atoms with Gasteiger partial charge in [0.2, 0.25) is 8.32 Å². The molecule has 1 aliphatic heterocycles. The van der Waals surface area contributed by atoms with Crippen LogP contribution in [0.3, 0.4) is 0 Å². The van der Waals surface area contributed by atoms with Crippen molar-refractivity contribution in [2.45, 2.75) is 70.4 Å². The Morgan fingerprint density at radius 1 is 1.25 bits per heavy atom. The van der Waals surface area contributed by atoms with Gasteiger partial charge in [-0.3, -0.25) is 0 Å². The highest BCUT2D eigenvalue weighted by molar-refractivity contribution is 7.80. The summed E-state index contributed by atoms with van der Waals surface area (Å²) < 4.78 is 8.68. The predicted molar refractivity (Wildman–Crippen MR) is 101 cm³/mol. The van der Waals surface area contributed by atoms with Crippen LogP contribution in [0, 0.1) is 12.3 Å². The topological polar surface area (TPSA) is 12.5 Å². The summed E-state index contributed by atoms with van der Waals surface area (Å²) in [6, 6.07) is 2.88. The first-order valence-electron chi connectivity index (χ1n) is 7.36. The second-order valence-corrected chi connectivity index (χ2v) is 22.5. The molecule has 0 spiro atoms. The van der Waals surface area contributed by atoms with Gasteiger partial charge in [-0.2, -0.15) is 0 Å². The molecule has 1 unspecified atom stereocenters. The minimum atomic E-state index is -1.62. The summed E-state index contributed by atoms with van der Waals surface area (Å²) in [5.74, 6) is 3.02. The molecule has 20 heavy (non-hydrogen) atoms. The molecule has 6 heteroatoms. The largest absolute Gasteiger partial charge is 0.540 e. The average molecular weight is 344 g/mol. The van der Waals surface area contributed by atoms with E-state index < -0.39 is 24.8 Å². The van der Waals surface area contributed by atoms with E-state index in [1.807, 2.05) is 0 Å². The van der Waals surface area contributed by atoms with Crippen molar-refractivity contribution in [2.75, 3.05) is 0 Å². The molecule has 0 N–H and O–H groups in total. The van der Waals surface area contributed by atoms with Crippen molar-refractivity contribution in [1.82, 2.24) is 4.23 Å². The lowest BCUT2D eigenvalue weighted by Crippen LogP contribution is -2.59. The molecule has 114 valence electrons. The van der Waals surface area contributed by atoms with Crippen molar-refractivity contribution in [2.24, 2.45) is 0 Å². The maximum absolute atomic E-state index is 5.94. The van der Waals surface area contributed by atoms with Crippen LogP contribution in [0.1, 0.15) is 6.42 Å². The third-order valence-corrected chi connectivity index (χ3v) is 15.5. The maximum atomic E-state index is 5.94. The molecule has 0 radical (unpaired) electrons. The number of rotatable bonds is 4. The van der Waals surface area contributed by atoms with Crippen LogP contribution in [0.2, 0.25) is 57.9 Å². The quantitative estimate of drug-likeness (QED) is 0.429. The monoisotopic (exact) mass is 343 g/mol. The highest BCUT2D eigenvalue weighted by atomic mass is 32.1. The van der Waals surface area contributed by atoms with E-state index in [1.165, 1.54) is 12.1 Å². The first-order valence-corrected chi connectivity index (χ1v) is 17.5. The van der Waals surface area contributed by atoms with Gasteiger partial charge in [0, 0.05) is 6.42 Å². The van der Waals surface area contributed by atoms with Crippen LogP contribution < -0.4 is 0 Å². The van der Waals surface area contributed by atoms with Gasteiger partial charge >= 0.3 is 0 Å². The van der Waals surface area contributed by atoms with E-state index in [0.717, 1.165) is 6.42 Å². The molecule has 0 aromatic heterocycles. The fraction of sp³-hybridized carbons (Fsp3) is 0.786. The van der Waals surface area contributed by atoms with Gasteiger partial charge in [-0.15, -0.1) is 6.42 Å². The van der Waals surface area contributed by atoms with Crippen molar-refractivity contribution >= 4 is 42.1 Å². The molecule has 2 nitrogen and oxygen atoms in total. The van der Waals surface area contributed by atoms with Gasteiger partial charge in [-0.05, 0) is 43.9 Å². The number of thiocarbonyl (C=S) groups is 1. The van der Waals surface area contributed by atoms with E-state index >= 15 is 0 Å². The fourth-order valence-electron chi connectivity index (χ4n) is 3.28. The van der Waals surface area contributed by atoms with Gasteiger partial charge < -0.3 is 8.66 Å². The van der Waals surface area contributed by atoms with E-state index in [9.17, 15) is 0 Å². The first kappa shape index (κ1) is 18.1. The lowest BCUT2D eigenvalue weighted by molar-refractivity contribution is 0.496. The van der Waals surface area contributed by atoms with Gasteiger partial charge in [-0.1, -0.05) is 32.1 Å². The molecule has 0 aliphatic carbocycles. The summed E-state index contributed by atoms with van der Waals surface area (Å²) in [6.45, 7) is 16.3. The molecule has 1 saturated heterocycles. The SMILES string of the molecule is C#CC(CC(=S)O[Si](C)(C)C)N1[Si](C)(C)CC[Si]1(C)C. The molecule has 0 aromatic rings. The number of hydrogen-bond donors (Lipinski definition) is 0. The molecule has 0 bridgehead atoms. The fourth-order valence-corrected chi connectivity index (χ4v) is 19.6. The first-order chi connectivity index (χ1) is 8.89. The summed E-state index contributed by atoms with van der Waals surface area (Å²) in [5, 5.41) is 0.716. The van der Waals surface area contributed by atoms with Crippen LogP contribution in [-0.4, -0.2) is 40.1 Å². The van der Waals surface area contributed by atoms with Crippen LogP contribution in [0.5, 0.6) is 0 Å². The third kappa shape index (κ3) is 4.53. The zero-order chi connectivity index (χ0) is 15.8. The van der Waals surface area contributed by atoms with Crippen molar-refractivity contribution in [3.63, 3.8) is 0 Å². The Labute approximate surface area is 133 Å². The van der Waals surface area contributed by atoms with Crippen molar-refractivity contribution in [3.8, 4) is 12.3 Å². The Kier molecular flexibility index (Phi) is 5.48. The summed E-state index contributed by atoms with van der Waals surface area (Å²) in [5.41, 5.74) is 0. The van der Waals surface area contributed by atoms with Gasteiger partial charge in [0.15, 0.2) is 0 Å². The molecule has 0 aromatic carbocycles. The molecule has 0 saturated carbocycles. The van der Waals surface area contributed by atoms with Gasteiger partial charge in [0.1, 0.15) is 21.5 Å². The lowest BCUT2D eigenvalue weighted by Gasteiger charge is -2.43. The predicted octanol–water partition coefficient (Wildman–Crippen LogP) is 4.28. The van der Waals surface area contributed by atoms with Crippen LogP contribution in [-0.2, 0) is 4.43 Å². The molecule has 1 atom stereocenters. The Morgan fingerprint density at radius 3 is 2.05 bits per heavy atom. The van der Waals surface area contributed by atoms with Crippen molar-refractivity contribution < 1.29 is 4.43 Å².